The van der Waals surface area contributed by atoms with Crippen LogP contribution in [0.3, 0.4) is 0 Å². The first-order chi connectivity index (χ1) is 17.6. The molecular formula is C26H30N8O2. The number of hydrogen-bond acceptors (Lipinski definition) is 8. The predicted octanol–water partition coefficient (Wildman–Crippen LogP) is 2.77. The molecule has 0 bridgehead atoms. The highest BCUT2D eigenvalue weighted by atomic mass is 16.3. The maximum Gasteiger partial charge on any atom is 0.236 e. The van der Waals surface area contributed by atoms with Crippen LogP contribution in [0.4, 0.5) is 11.6 Å². The number of piperazine rings is 1. The van der Waals surface area contributed by atoms with Crippen LogP contribution in [-0.2, 0) is 4.79 Å². The van der Waals surface area contributed by atoms with Crippen LogP contribution in [-0.4, -0.2) is 81.1 Å². The van der Waals surface area contributed by atoms with Crippen molar-refractivity contribution in [1.29, 1.82) is 0 Å². The lowest BCUT2D eigenvalue weighted by atomic mass is 10.1. The van der Waals surface area contributed by atoms with E-state index in [4.69, 9.17) is 10.2 Å². The number of aromatic nitrogens is 4. The number of carbonyl (C=O) groups excluding carboxylic acids is 1. The number of hydrogen-bond donors (Lipinski definition) is 1. The second-order valence-electron chi connectivity index (χ2n) is 9.44. The van der Waals surface area contributed by atoms with E-state index in [-0.39, 0.29) is 11.9 Å². The van der Waals surface area contributed by atoms with Gasteiger partial charge in [-0.2, -0.15) is 4.52 Å². The Kier molecular flexibility index (Phi) is 6.02. The molecular weight excluding hydrogens is 456 g/mol. The first kappa shape index (κ1) is 22.5. The fourth-order valence-corrected chi connectivity index (χ4v) is 5.05. The summed E-state index contributed by atoms with van der Waals surface area (Å²) in [5.74, 6) is 1.56. The summed E-state index contributed by atoms with van der Waals surface area (Å²) >= 11 is 0. The van der Waals surface area contributed by atoms with Crippen molar-refractivity contribution >= 4 is 23.2 Å². The number of anilines is 2. The highest BCUT2D eigenvalue weighted by Gasteiger charge is 2.24. The fourth-order valence-electron chi connectivity index (χ4n) is 5.05. The summed E-state index contributed by atoms with van der Waals surface area (Å²) in [6.45, 7) is 5.73. The molecule has 0 unspecified atom stereocenters. The van der Waals surface area contributed by atoms with E-state index >= 15 is 0 Å². The van der Waals surface area contributed by atoms with Crippen LogP contribution < -0.4 is 10.6 Å². The number of likely N-dealkylation sites (tertiary alicyclic amines) is 1. The average Bonchev–Trinajstić information content (AvgIpc) is 3.60. The van der Waals surface area contributed by atoms with Gasteiger partial charge in [0.25, 0.3) is 0 Å². The Balaban J connectivity index is 1.16. The van der Waals surface area contributed by atoms with E-state index in [0.717, 1.165) is 56.2 Å². The monoisotopic (exact) mass is 486 g/mol. The minimum Gasteiger partial charge on any atom is -0.461 e. The van der Waals surface area contributed by atoms with Crippen LogP contribution in [0.2, 0.25) is 0 Å². The number of carbonyl (C=O) groups is 1. The van der Waals surface area contributed by atoms with Gasteiger partial charge in [-0.15, -0.1) is 5.10 Å². The fraction of sp³-hybridized carbons (Fsp3) is 0.385. The van der Waals surface area contributed by atoms with Gasteiger partial charge in [0.05, 0.1) is 18.5 Å². The zero-order chi connectivity index (χ0) is 24.5. The van der Waals surface area contributed by atoms with E-state index in [1.165, 1.54) is 23.8 Å². The van der Waals surface area contributed by atoms with Crippen molar-refractivity contribution in [2.45, 2.75) is 19.3 Å². The van der Waals surface area contributed by atoms with E-state index in [1.54, 1.807) is 12.3 Å². The van der Waals surface area contributed by atoms with Crippen molar-refractivity contribution in [3.63, 3.8) is 0 Å². The van der Waals surface area contributed by atoms with Gasteiger partial charge >= 0.3 is 0 Å². The lowest BCUT2D eigenvalue weighted by Crippen LogP contribution is -2.51. The second kappa shape index (κ2) is 9.62. The molecule has 36 heavy (non-hydrogen) atoms. The molecule has 6 rings (SSSR count). The van der Waals surface area contributed by atoms with Gasteiger partial charge in [0.2, 0.25) is 17.7 Å². The molecule has 2 aliphatic heterocycles. The molecule has 3 aromatic heterocycles. The van der Waals surface area contributed by atoms with Gasteiger partial charge in [-0.05, 0) is 50.2 Å². The number of nitrogen functional groups attached to an aromatic ring is 1. The molecule has 0 atom stereocenters. The molecule has 2 fully saturated rings. The lowest BCUT2D eigenvalue weighted by molar-refractivity contribution is -0.132. The summed E-state index contributed by atoms with van der Waals surface area (Å²) in [4.78, 5) is 28.6. The Morgan fingerprint density at radius 1 is 0.944 bits per heavy atom. The second-order valence-corrected chi connectivity index (χ2v) is 9.44. The molecule has 0 radical (unpaired) electrons. The third-order valence-corrected chi connectivity index (χ3v) is 7.04. The van der Waals surface area contributed by atoms with Gasteiger partial charge in [-0.1, -0.05) is 18.6 Å². The topological polar surface area (TPSA) is 109 Å². The summed E-state index contributed by atoms with van der Waals surface area (Å²) in [5.41, 5.74) is 9.62. The van der Waals surface area contributed by atoms with Crippen LogP contribution in [0.15, 0.2) is 53.1 Å². The Morgan fingerprint density at radius 2 is 1.78 bits per heavy atom. The van der Waals surface area contributed by atoms with Crippen LogP contribution in [0, 0.1) is 0 Å². The van der Waals surface area contributed by atoms with Crippen molar-refractivity contribution in [2.24, 2.45) is 0 Å². The molecule has 1 amide bonds. The Labute approximate surface area is 209 Å². The average molecular weight is 487 g/mol. The number of nitrogens with zero attached hydrogens (tertiary/aromatic N) is 7. The molecule has 0 aliphatic carbocycles. The lowest BCUT2D eigenvalue weighted by Gasteiger charge is -2.37. The van der Waals surface area contributed by atoms with Crippen molar-refractivity contribution in [1.82, 2.24) is 29.4 Å². The smallest absolute Gasteiger partial charge is 0.236 e. The number of amides is 1. The van der Waals surface area contributed by atoms with Crippen LogP contribution >= 0.6 is 0 Å². The van der Waals surface area contributed by atoms with Gasteiger partial charge in [-0.25, -0.2) is 9.97 Å². The van der Waals surface area contributed by atoms with Gasteiger partial charge in [0.15, 0.2) is 11.4 Å². The third kappa shape index (κ3) is 4.51. The summed E-state index contributed by atoms with van der Waals surface area (Å²) in [7, 11) is 0. The van der Waals surface area contributed by atoms with Gasteiger partial charge in [0.1, 0.15) is 0 Å². The summed E-state index contributed by atoms with van der Waals surface area (Å²) in [5, 5.41) is 4.42. The highest BCUT2D eigenvalue weighted by molar-refractivity contribution is 5.78. The minimum absolute atomic E-state index is 0.250. The van der Waals surface area contributed by atoms with Gasteiger partial charge < -0.3 is 20.0 Å². The van der Waals surface area contributed by atoms with Gasteiger partial charge in [0, 0.05) is 43.5 Å². The summed E-state index contributed by atoms with van der Waals surface area (Å²) < 4.78 is 6.93. The molecule has 0 saturated carbocycles. The Bertz CT molecular complexity index is 1350. The number of piperidine rings is 1. The van der Waals surface area contributed by atoms with Crippen molar-refractivity contribution in [3.05, 3.63) is 48.7 Å². The molecule has 2 saturated heterocycles. The zero-order valence-electron chi connectivity index (χ0n) is 20.2. The van der Waals surface area contributed by atoms with Gasteiger partial charge in [-0.3, -0.25) is 9.69 Å². The number of nitrogens with two attached hydrogens (primary N) is 1. The third-order valence-electron chi connectivity index (χ3n) is 7.04. The van der Waals surface area contributed by atoms with Crippen molar-refractivity contribution < 1.29 is 9.21 Å². The molecule has 2 aliphatic rings. The van der Waals surface area contributed by atoms with Crippen LogP contribution in [0.5, 0.6) is 0 Å². The molecule has 10 nitrogen and oxygen atoms in total. The SMILES string of the molecule is Nc1nc(-c2cccc(N3CCN(C(=O)CN4CCCCC4)CC3)c2)cc2nc(-c3ccco3)nn12. The molecule has 5 heterocycles. The van der Waals surface area contributed by atoms with E-state index in [1.807, 2.05) is 29.2 Å². The standard InChI is InChI=1S/C26H30N8O2/c27-26-28-21(17-23-29-25(30-34(23)26)22-8-5-15-36-22)19-6-4-7-20(16-19)32-11-13-33(14-12-32)24(35)18-31-9-2-1-3-10-31/h4-8,15-17H,1-3,9-14,18H2,(H2,27,28). The summed E-state index contributed by atoms with van der Waals surface area (Å²) in [6, 6.07) is 13.7. The maximum absolute atomic E-state index is 12.8. The number of benzene rings is 1. The van der Waals surface area contributed by atoms with Crippen LogP contribution in [0.25, 0.3) is 28.5 Å². The Hall–Kier alpha value is -3.92. The Morgan fingerprint density at radius 3 is 2.56 bits per heavy atom. The predicted molar refractivity (Wildman–Crippen MR) is 137 cm³/mol. The molecule has 186 valence electrons. The van der Waals surface area contributed by atoms with E-state index in [2.05, 4.69) is 37.0 Å². The number of fused-ring (bicyclic) bond motifs is 1. The maximum atomic E-state index is 12.8. The first-order valence-electron chi connectivity index (χ1n) is 12.6. The van der Waals surface area contributed by atoms with Crippen molar-refractivity contribution in [2.75, 3.05) is 56.4 Å². The molecule has 1 aromatic carbocycles. The molecule has 0 spiro atoms. The largest absolute Gasteiger partial charge is 0.461 e. The summed E-state index contributed by atoms with van der Waals surface area (Å²) in [6.07, 6.45) is 5.27. The van der Waals surface area contributed by atoms with Crippen LogP contribution in [0.1, 0.15) is 19.3 Å². The first-order valence-corrected chi connectivity index (χ1v) is 12.6. The highest BCUT2D eigenvalue weighted by Crippen LogP contribution is 2.27. The number of rotatable bonds is 5. The number of furan rings is 1. The molecule has 10 heteroatoms. The quantitative estimate of drug-likeness (QED) is 0.459. The van der Waals surface area contributed by atoms with E-state index in [9.17, 15) is 4.79 Å². The molecule has 4 aromatic rings. The zero-order valence-corrected chi connectivity index (χ0v) is 20.2. The van der Waals surface area contributed by atoms with E-state index < -0.39 is 0 Å². The minimum atomic E-state index is 0.250. The van der Waals surface area contributed by atoms with E-state index in [0.29, 0.717) is 23.8 Å². The normalized spacial score (nSPS) is 17.1. The molecule has 2 N–H and O–H groups in total. The van der Waals surface area contributed by atoms with Crippen molar-refractivity contribution in [3.8, 4) is 22.8 Å².